The maximum atomic E-state index is 13.0. The van der Waals surface area contributed by atoms with Crippen molar-refractivity contribution >= 4 is 38.7 Å². The van der Waals surface area contributed by atoms with E-state index in [1.54, 1.807) is 6.92 Å². The summed E-state index contributed by atoms with van der Waals surface area (Å²) >= 11 is -1.78. The molecule has 3 rings (SSSR count). The molecular weight excluding hydrogens is 521 g/mol. The minimum atomic E-state index is -1.78. The van der Waals surface area contributed by atoms with Crippen LogP contribution in [0.2, 0.25) is 0 Å². The average molecular weight is 555 g/mol. The molecule has 176 valence electrons. The number of rotatable bonds is 8. The number of carbonyl (C=O) groups excluding carboxylic acids is 1. The molecule has 3 aliphatic heterocycles. The summed E-state index contributed by atoms with van der Waals surface area (Å²) in [5.74, 6) is -0.245. The number of amidine groups is 1. The molecule has 1 saturated heterocycles. The molecule has 2 atom stereocenters. The second kappa shape index (κ2) is 11.2. The van der Waals surface area contributed by atoms with Crippen LogP contribution in [0.4, 0.5) is 0 Å². The number of hydrogen-bond donors (Lipinski definition) is 3. The second-order valence-electron chi connectivity index (χ2n) is 8.13. The Bertz CT molecular complexity index is 899. The van der Waals surface area contributed by atoms with Crippen molar-refractivity contribution < 1.29 is 12.6 Å². The van der Waals surface area contributed by atoms with Gasteiger partial charge < -0.3 is 0 Å². The third-order valence-corrected chi connectivity index (χ3v) is 8.88. The van der Waals surface area contributed by atoms with Crippen molar-refractivity contribution in [2.75, 3.05) is 24.1 Å². The molecule has 1 amide bonds. The van der Waals surface area contributed by atoms with Crippen molar-refractivity contribution in [2.45, 2.75) is 52.2 Å². The molecule has 3 heterocycles. The van der Waals surface area contributed by atoms with E-state index in [0.29, 0.717) is 6.10 Å². The topological polar surface area (TPSA) is 110 Å². The molecule has 0 saturated carbocycles. The van der Waals surface area contributed by atoms with Crippen LogP contribution in [0.5, 0.6) is 0 Å². The molecule has 8 nitrogen and oxygen atoms in total. The van der Waals surface area contributed by atoms with Crippen LogP contribution < -0.4 is 16.4 Å². The number of ether oxygens (including phenoxy) is 1. The molecule has 4 N–H and O–H groups in total. The first-order valence-corrected chi connectivity index (χ1v) is 14.3. The van der Waals surface area contributed by atoms with E-state index in [4.69, 9.17) is 16.7 Å². The predicted molar refractivity (Wildman–Crippen MR) is 138 cm³/mol. The van der Waals surface area contributed by atoms with Gasteiger partial charge in [-0.2, -0.15) is 0 Å². The van der Waals surface area contributed by atoms with Gasteiger partial charge in [0, 0.05) is 0 Å². The van der Waals surface area contributed by atoms with Gasteiger partial charge in [-0.3, -0.25) is 0 Å². The molecule has 0 spiro atoms. The van der Waals surface area contributed by atoms with Crippen molar-refractivity contribution in [1.29, 1.82) is 0 Å². The van der Waals surface area contributed by atoms with Gasteiger partial charge in [0.2, 0.25) is 0 Å². The number of halogens is 1. The van der Waals surface area contributed by atoms with Gasteiger partial charge in [-0.25, -0.2) is 0 Å². The first kappa shape index (κ1) is 24.7. The second-order valence-corrected chi connectivity index (χ2v) is 11.8. The van der Waals surface area contributed by atoms with Crippen LogP contribution in [0.15, 0.2) is 54.9 Å². The predicted octanol–water partition coefficient (Wildman–Crippen LogP) is 3.12. The third kappa shape index (κ3) is 6.29. The van der Waals surface area contributed by atoms with E-state index in [9.17, 15) is 4.79 Å². The van der Waals surface area contributed by atoms with Crippen LogP contribution in [0.1, 0.15) is 40.5 Å². The summed E-state index contributed by atoms with van der Waals surface area (Å²) in [6, 6.07) is 0.0440. The Hall–Kier alpha value is -1.98. The summed E-state index contributed by atoms with van der Waals surface area (Å²) in [5.41, 5.74) is 8.47. The van der Waals surface area contributed by atoms with Gasteiger partial charge in [-0.1, -0.05) is 0 Å². The maximum absolute atomic E-state index is 13.0. The van der Waals surface area contributed by atoms with E-state index >= 15 is 0 Å². The summed E-state index contributed by atoms with van der Waals surface area (Å²) in [4.78, 5) is 17.2. The Morgan fingerprint density at radius 3 is 2.91 bits per heavy atom. The molecule has 1 fully saturated rings. The monoisotopic (exact) mass is 555 g/mol. The Morgan fingerprint density at radius 2 is 2.34 bits per heavy atom. The number of allylic oxidation sites excluding steroid dienone is 7. The number of amides is 1. The molecule has 0 aromatic rings. The first-order chi connectivity index (χ1) is 15.3. The number of nitrogens with two attached hydrogens (primary N) is 1. The Morgan fingerprint density at radius 1 is 1.53 bits per heavy atom. The number of nitrogens with zero attached hydrogens (tertiary/aromatic N) is 2. The summed E-state index contributed by atoms with van der Waals surface area (Å²) < 4.78 is 17.1. The van der Waals surface area contributed by atoms with E-state index in [2.05, 4.69) is 28.6 Å². The number of carbonyl (C=O) groups is 1. The zero-order valence-electron chi connectivity index (χ0n) is 19.3. The molecule has 3 aliphatic rings. The molecule has 0 bridgehead atoms. The quantitative estimate of drug-likeness (QED) is 0.242. The molecule has 9 heteroatoms. The Kier molecular flexibility index (Phi) is 8.66. The van der Waals surface area contributed by atoms with Crippen molar-refractivity contribution in [3.05, 3.63) is 46.7 Å². The Balaban J connectivity index is 1.76. The van der Waals surface area contributed by atoms with E-state index < -0.39 is 26.0 Å². The number of nitrogens with one attached hydrogen (secondary N) is 2. The van der Waals surface area contributed by atoms with E-state index in [1.807, 2.05) is 38.3 Å². The van der Waals surface area contributed by atoms with Crippen molar-refractivity contribution in [3.8, 4) is 0 Å². The van der Waals surface area contributed by atoms with E-state index in [-0.39, 0.29) is 18.5 Å². The van der Waals surface area contributed by atoms with Crippen LogP contribution in [-0.2, 0) is 12.6 Å². The minimum absolute atomic E-state index is 0.0440. The molecule has 0 aromatic carbocycles. The van der Waals surface area contributed by atoms with Gasteiger partial charge in [0.1, 0.15) is 0 Å². The van der Waals surface area contributed by atoms with Crippen LogP contribution in [0.25, 0.3) is 0 Å². The molecule has 0 radical (unpaired) electrons. The van der Waals surface area contributed by atoms with Gasteiger partial charge >= 0.3 is 199 Å². The average Bonchev–Trinajstić information content (AvgIpc) is 3.41. The summed E-state index contributed by atoms with van der Waals surface area (Å²) in [7, 11) is 0. The van der Waals surface area contributed by atoms with Gasteiger partial charge in [0.25, 0.3) is 0 Å². The fourth-order valence-electron chi connectivity index (χ4n) is 3.52. The van der Waals surface area contributed by atoms with Crippen molar-refractivity contribution in [1.82, 2.24) is 10.6 Å². The standard InChI is InChI=1S/C23H34IN5O3/c1-5-7-17(6-2)20(28-21(30)23(4)15-31-22(25)29-23)12-16(3)18-8-10-24(27-13-18)32-19-9-11-26-14-19/h5,7-8,12-13,19,26H,6,9-11,14-15H2,1-4H3,(H2,25,29)(H,28,30)/b7-5-,16-12+,20-17+. The molecule has 0 aromatic heterocycles. The van der Waals surface area contributed by atoms with Crippen molar-refractivity contribution in [2.24, 2.45) is 13.9 Å². The molecule has 32 heavy (non-hydrogen) atoms. The zero-order valence-corrected chi connectivity index (χ0v) is 21.4. The number of hydrogen-bond acceptors (Lipinski definition) is 7. The number of alkyl halides is 1. The summed E-state index contributed by atoms with van der Waals surface area (Å²) in [6.45, 7) is 9.87. The summed E-state index contributed by atoms with van der Waals surface area (Å²) in [6.07, 6.45) is 12.3. The SMILES string of the molecule is C\C=C/C(CC)=C(\C=C(/C)C1=CCI(OC2CCNC2)N=C1)NC(=O)C1(C)COC(N)=N1. The zero-order chi connectivity index (χ0) is 23.1. The van der Waals surface area contributed by atoms with E-state index in [0.717, 1.165) is 52.8 Å². The van der Waals surface area contributed by atoms with Gasteiger partial charge in [0.15, 0.2) is 0 Å². The van der Waals surface area contributed by atoms with Gasteiger partial charge in [-0.15, -0.1) is 0 Å². The van der Waals surface area contributed by atoms with E-state index in [1.165, 1.54) is 0 Å². The van der Waals surface area contributed by atoms with Crippen LogP contribution >= 0.6 is 20.5 Å². The summed E-state index contributed by atoms with van der Waals surface area (Å²) in [5, 5.41) is 6.39. The fourth-order valence-corrected chi connectivity index (χ4v) is 6.82. The fraction of sp³-hybridized carbons (Fsp3) is 0.522. The van der Waals surface area contributed by atoms with Gasteiger partial charge in [0.05, 0.1) is 0 Å². The normalized spacial score (nSPS) is 27.8. The number of aliphatic imine (C=N–C) groups is 1. The van der Waals surface area contributed by atoms with Crippen LogP contribution in [0.3, 0.4) is 0 Å². The first-order valence-electron chi connectivity index (χ1n) is 11.0. The van der Waals surface area contributed by atoms with Gasteiger partial charge in [-0.05, 0) is 0 Å². The molecular formula is C23H34IN5O3. The third-order valence-electron chi connectivity index (χ3n) is 5.48. The Labute approximate surface area is 198 Å². The van der Waals surface area contributed by atoms with Crippen molar-refractivity contribution in [3.63, 3.8) is 0 Å². The molecule has 2 unspecified atom stereocenters. The van der Waals surface area contributed by atoms with Crippen LogP contribution in [-0.4, -0.2) is 53.9 Å². The molecule has 0 aliphatic carbocycles. The van der Waals surface area contributed by atoms with Crippen LogP contribution in [0, 0.1) is 0 Å².